The zero-order chi connectivity index (χ0) is 15.2. The third kappa shape index (κ3) is 4.30. The largest absolute Gasteiger partial charge is 0.381 e. The van der Waals surface area contributed by atoms with Gasteiger partial charge in [0.2, 0.25) is 5.91 Å². The highest BCUT2D eigenvalue weighted by molar-refractivity contribution is 5.75. The summed E-state index contributed by atoms with van der Waals surface area (Å²) in [5, 5.41) is 11.0. The number of rotatable bonds is 5. The monoisotopic (exact) mass is 306 g/mol. The highest BCUT2D eigenvalue weighted by atomic mass is 16.5. The Bertz CT molecular complexity index is 476. The van der Waals surface area contributed by atoms with Crippen LogP contribution in [0.3, 0.4) is 0 Å². The van der Waals surface area contributed by atoms with Crippen LogP contribution < -0.4 is 10.6 Å². The van der Waals surface area contributed by atoms with Gasteiger partial charge in [0.15, 0.2) is 0 Å². The topological polar surface area (TPSA) is 68.2 Å². The molecule has 2 saturated heterocycles. The highest BCUT2D eigenvalue weighted by Gasteiger charge is 2.18. The van der Waals surface area contributed by atoms with Crippen molar-refractivity contribution in [1.82, 2.24) is 20.4 Å². The average Bonchev–Trinajstić information content (AvgIpc) is 3.03. The van der Waals surface area contributed by atoms with Crippen LogP contribution in [0.15, 0.2) is 12.3 Å². The average molecular weight is 306 g/mol. The van der Waals surface area contributed by atoms with Crippen molar-refractivity contribution in [3.05, 3.63) is 18.0 Å². The molecule has 1 amide bonds. The normalized spacial score (nSPS) is 23.4. The van der Waals surface area contributed by atoms with Crippen molar-refractivity contribution in [2.24, 2.45) is 5.92 Å². The minimum absolute atomic E-state index is 0.0444. The van der Waals surface area contributed by atoms with E-state index in [0.29, 0.717) is 18.4 Å². The van der Waals surface area contributed by atoms with E-state index < -0.39 is 0 Å². The first kappa shape index (κ1) is 15.5. The van der Waals surface area contributed by atoms with Crippen molar-refractivity contribution in [2.45, 2.75) is 38.1 Å². The second kappa shape index (κ2) is 7.74. The Morgan fingerprint density at radius 1 is 1.41 bits per heavy atom. The van der Waals surface area contributed by atoms with Gasteiger partial charge in [-0.25, -0.2) is 0 Å². The first-order chi connectivity index (χ1) is 10.8. The number of carbonyl (C=O) groups is 1. The maximum atomic E-state index is 12.0. The summed E-state index contributed by atoms with van der Waals surface area (Å²) in [6.45, 7) is 4.79. The molecule has 3 rings (SSSR count). The molecule has 1 aromatic heterocycles. The number of hydrogen-bond acceptors (Lipinski definition) is 4. The zero-order valence-electron chi connectivity index (χ0n) is 13.1. The Hall–Kier alpha value is -1.40. The molecule has 3 heterocycles. The summed E-state index contributed by atoms with van der Waals surface area (Å²) < 4.78 is 7.08. The number of amides is 1. The third-order valence-corrected chi connectivity index (χ3v) is 4.61. The predicted octanol–water partition coefficient (Wildman–Crippen LogP) is 0.893. The molecule has 2 aliphatic rings. The summed E-state index contributed by atoms with van der Waals surface area (Å²) in [5.74, 6) is 1.09. The van der Waals surface area contributed by atoms with Crippen LogP contribution >= 0.6 is 0 Å². The summed E-state index contributed by atoms with van der Waals surface area (Å²) in [6, 6.07) is 2.05. The van der Waals surface area contributed by atoms with Crippen molar-refractivity contribution >= 4 is 5.91 Å². The molecule has 0 spiro atoms. The summed E-state index contributed by atoms with van der Waals surface area (Å²) in [6.07, 6.45) is 6.38. The van der Waals surface area contributed by atoms with Crippen molar-refractivity contribution in [1.29, 1.82) is 0 Å². The number of nitrogens with one attached hydrogen (secondary N) is 2. The minimum Gasteiger partial charge on any atom is -0.381 e. The molecule has 0 aliphatic carbocycles. The van der Waals surface area contributed by atoms with Crippen LogP contribution in [0.5, 0.6) is 0 Å². The molecule has 0 radical (unpaired) electrons. The van der Waals surface area contributed by atoms with Crippen LogP contribution in [0.25, 0.3) is 0 Å². The van der Waals surface area contributed by atoms with Gasteiger partial charge in [0, 0.05) is 38.4 Å². The molecular weight excluding hydrogens is 280 g/mol. The van der Waals surface area contributed by atoms with Crippen LogP contribution in [0.2, 0.25) is 0 Å². The summed E-state index contributed by atoms with van der Waals surface area (Å²) in [5.41, 5.74) is 1.10. The Balaban J connectivity index is 1.43. The maximum Gasteiger partial charge on any atom is 0.241 e. The molecule has 0 unspecified atom stereocenters. The Kier molecular flexibility index (Phi) is 5.45. The molecule has 2 fully saturated rings. The zero-order valence-corrected chi connectivity index (χ0v) is 13.1. The molecule has 0 saturated carbocycles. The molecule has 122 valence electrons. The Morgan fingerprint density at radius 3 is 3.05 bits per heavy atom. The van der Waals surface area contributed by atoms with Gasteiger partial charge in [-0.1, -0.05) is 0 Å². The molecular formula is C16H26N4O2. The number of carbonyl (C=O) groups excluding carboxylic acids is 1. The van der Waals surface area contributed by atoms with Crippen molar-refractivity contribution in [2.75, 3.05) is 32.8 Å². The number of aromatic nitrogens is 2. The van der Waals surface area contributed by atoms with E-state index in [1.807, 2.05) is 12.3 Å². The first-order valence-corrected chi connectivity index (χ1v) is 8.40. The van der Waals surface area contributed by atoms with E-state index in [1.165, 1.54) is 12.8 Å². The van der Waals surface area contributed by atoms with Crippen LogP contribution in [0.4, 0.5) is 0 Å². The minimum atomic E-state index is 0.0444. The van der Waals surface area contributed by atoms with Crippen molar-refractivity contribution in [3.8, 4) is 0 Å². The van der Waals surface area contributed by atoms with Gasteiger partial charge in [0.1, 0.15) is 6.54 Å². The molecule has 0 aromatic carbocycles. The Labute approximate surface area is 131 Å². The van der Waals surface area contributed by atoms with Crippen molar-refractivity contribution < 1.29 is 9.53 Å². The van der Waals surface area contributed by atoms with Crippen molar-refractivity contribution in [3.63, 3.8) is 0 Å². The second-order valence-electron chi connectivity index (χ2n) is 6.34. The van der Waals surface area contributed by atoms with Gasteiger partial charge in [-0.3, -0.25) is 9.48 Å². The molecule has 6 nitrogen and oxygen atoms in total. The molecule has 6 heteroatoms. The quantitative estimate of drug-likeness (QED) is 0.848. The SMILES string of the molecule is O=C(Cn1ccc([C@H]2CCCNC2)n1)NCC1CCOCC1. The van der Waals surface area contributed by atoms with Crippen LogP contribution in [-0.2, 0) is 16.1 Å². The van der Waals surface area contributed by atoms with E-state index in [4.69, 9.17) is 4.74 Å². The summed E-state index contributed by atoms with van der Waals surface area (Å²) in [4.78, 5) is 12.0. The smallest absolute Gasteiger partial charge is 0.241 e. The van der Waals surface area contributed by atoms with Gasteiger partial charge in [-0.15, -0.1) is 0 Å². The first-order valence-electron chi connectivity index (χ1n) is 8.40. The molecule has 2 aliphatic heterocycles. The van der Waals surface area contributed by atoms with Gasteiger partial charge in [-0.05, 0) is 44.2 Å². The van der Waals surface area contributed by atoms with Gasteiger partial charge in [0.05, 0.1) is 5.69 Å². The van der Waals surface area contributed by atoms with Gasteiger partial charge in [0.25, 0.3) is 0 Å². The molecule has 0 bridgehead atoms. The van der Waals surface area contributed by atoms with Gasteiger partial charge in [-0.2, -0.15) is 5.10 Å². The fraction of sp³-hybridized carbons (Fsp3) is 0.750. The van der Waals surface area contributed by atoms with Crippen LogP contribution in [0.1, 0.15) is 37.3 Å². The third-order valence-electron chi connectivity index (χ3n) is 4.61. The number of nitrogens with zero attached hydrogens (tertiary/aromatic N) is 2. The molecule has 22 heavy (non-hydrogen) atoms. The fourth-order valence-corrected chi connectivity index (χ4v) is 3.20. The lowest BCUT2D eigenvalue weighted by molar-refractivity contribution is -0.122. The van der Waals surface area contributed by atoms with Gasteiger partial charge >= 0.3 is 0 Å². The van der Waals surface area contributed by atoms with E-state index in [2.05, 4.69) is 15.7 Å². The van der Waals surface area contributed by atoms with E-state index in [9.17, 15) is 4.79 Å². The van der Waals surface area contributed by atoms with E-state index in [0.717, 1.165) is 51.4 Å². The summed E-state index contributed by atoms with van der Waals surface area (Å²) in [7, 11) is 0. The number of piperidine rings is 1. The van der Waals surface area contributed by atoms with Gasteiger partial charge < -0.3 is 15.4 Å². The van der Waals surface area contributed by atoms with E-state index >= 15 is 0 Å². The molecule has 2 N–H and O–H groups in total. The Morgan fingerprint density at radius 2 is 2.27 bits per heavy atom. The second-order valence-corrected chi connectivity index (χ2v) is 6.34. The van der Waals surface area contributed by atoms with E-state index in [1.54, 1.807) is 4.68 Å². The van der Waals surface area contributed by atoms with Crippen LogP contribution in [-0.4, -0.2) is 48.5 Å². The molecule has 1 atom stereocenters. The highest BCUT2D eigenvalue weighted by Crippen LogP contribution is 2.21. The lowest BCUT2D eigenvalue weighted by Gasteiger charge is -2.22. The number of ether oxygens (including phenoxy) is 1. The van der Waals surface area contributed by atoms with E-state index in [-0.39, 0.29) is 5.91 Å². The van der Waals surface area contributed by atoms with Crippen LogP contribution in [0, 0.1) is 5.92 Å². The maximum absolute atomic E-state index is 12.0. The lowest BCUT2D eigenvalue weighted by Crippen LogP contribution is -2.34. The standard InChI is InChI=1S/C16H26N4O2/c21-16(18-10-13-4-8-22-9-5-13)12-20-7-3-15(19-20)14-2-1-6-17-11-14/h3,7,13-14,17H,1-2,4-6,8-12H2,(H,18,21)/t14-/m0/s1. The predicted molar refractivity (Wildman–Crippen MR) is 83.6 cm³/mol. The molecule has 1 aromatic rings. The number of hydrogen-bond donors (Lipinski definition) is 2. The lowest BCUT2D eigenvalue weighted by atomic mass is 9.97. The summed E-state index contributed by atoms with van der Waals surface area (Å²) >= 11 is 0. The fourth-order valence-electron chi connectivity index (χ4n) is 3.20.